The Kier molecular flexibility index (Phi) is 6.07. The minimum absolute atomic E-state index is 0.0327. The highest BCUT2D eigenvalue weighted by atomic mass is 16.6. The van der Waals surface area contributed by atoms with Crippen molar-refractivity contribution in [1.29, 1.82) is 0 Å². The second-order valence-electron chi connectivity index (χ2n) is 4.47. The van der Waals surface area contributed by atoms with Gasteiger partial charge in [-0.1, -0.05) is 0 Å². The van der Waals surface area contributed by atoms with E-state index in [1.807, 2.05) is 0 Å². The van der Waals surface area contributed by atoms with E-state index in [-0.39, 0.29) is 30.1 Å². The third-order valence-corrected chi connectivity index (χ3v) is 2.93. The molecule has 0 aliphatic carbocycles. The lowest BCUT2D eigenvalue weighted by atomic mass is 10.00. The molecule has 1 rings (SSSR count). The molecule has 8 heteroatoms. The summed E-state index contributed by atoms with van der Waals surface area (Å²) in [6, 6.07) is 3.92. The van der Waals surface area contributed by atoms with Crippen LogP contribution in [0.3, 0.4) is 0 Å². The van der Waals surface area contributed by atoms with Gasteiger partial charge in [-0.15, -0.1) is 0 Å². The fourth-order valence-corrected chi connectivity index (χ4v) is 1.82. The molecule has 0 fully saturated rings. The number of rotatable bonds is 7. The Morgan fingerprint density at radius 1 is 1.48 bits per heavy atom. The summed E-state index contributed by atoms with van der Waals surface area (Å²) in [7, 11) is 1.39. The molecule has 0 aliphatic heterocycles. The molecule has 2 unspecified atom stereocenters. The van der Waals surface area contributed by atoms with Crippen LogP contribution in [0.1, 0.15) is 25.0 Å². The maximum atomic E-state index is 11.0. The summed E-state index contributed by atoms with van der Waals surface area (Å²) >= 11 is 0. The summed E-state index contributed by atoms with van der Waals surface area (Å²) < 4.78 is 4.96. The first-order valence-electron chi connectivity index (χ1n) is 6.29. The van der Waals surface area contributed by atoms with Gasteiger partial charge in [-0.25, -0.2) is 0 Å². The zero-order chi connectivity index (χ0) is 16.0. The molecule has 0 saturated carbocycles. The lowest BCUT2D eigenvalue weighted by Gasteiger charge is -2.18. The third kappa shape index (κ3) is 4.69. The van der Waals surface area contributed by atoms with Crippen LogP contribution in [0.2, 0.25) is 0 Å². The van der Waals surface area contributed by atoms with Gasteiger partial charge in [0.2, 0.25) is 5.91 Å². The van der Waals surface area contributed by atoms with E-state index in [0.29, 0.717) is 5.75 Å². The van der Waals surface area contributed by atoms with Crippen LogP contribution in [-0.4, -0.2) is 40.8 Å². The number of carbonyl (C=O) groups is 1. The maximum Gasteiger partial charge on any atom is 0.275 e. The first-order valence-corrected chi connectivity index (χ1v) is 6.29. The number of aliphatic hydroxyl groups excluding tert-OH is 2. The van der Waals surface area contributed by atoms with Gasteiger partial charge in [-0.05, 0) is 18.6 Å². The van der Waals surface area contributed by atoms with Crippen molar-refractivity contribution in [3.8, 4) is 5.75 Å². The molecule has 0 spiro atoms. The molecule has 0 heterocycles. The van der Waals surface area contributed by atoms with Crippen LogP contribution < -0.4 is 10.1 Å². The Morgan fingerprint density at radius 2 is 2.14 bits per heavy atom. The van der Waals surface area contributed by atoms with Gasteiger partial charge in [0.1, 0.15) is 11.9 Å². The van der Waals surface area contributed by atoms with Crippen molar-refractivity contribution in [1.82, 2.24) is 5.32 Å². The SMILES string of the molecule is COc1ccc([N+](=O)[O-])c(C(O)C(O)CCNC(C)=O)c1. The highest BCUT2D eigenvalue weighted by Gasteiger charge is 2.26. The van der Waals surface area contributed by atoms with E-state index < -0.39 is 17.1 Å². The van der Waals surface area contributed by atoms with Crippen molar-refractivity contribution in [2.45, 2.75) is 25.6 Å². The Balaban J connectivity index is 2.90. The summed E-state index contributed by atoms with van der Waals surface area (Å²) in [6.07, 6.45) is -2.63. The number of carbonyl (C=O) groups excluding carboxylic acids is 1. The normalized spacial score (nSPS) is 13.3. The van der Waals surface area contributed by atoms with Gasteiger partial charge in [0.25, 0.3) is 5.69 Å². The van der Waals surface area contributed by atoms with E-state index in [9.17, 15) is 25.1 Å². The highest BCUT2D eigenvalue weighted by molar-refractivity contribution is 5.72. The van der Waals surface area contributed by atoms with Crippen molar-refractivity contribution >= 4 is 11.6 Å². The van der Waals surface area contributed by atoms with Gasteiger partial charge in [0.15, 0.2) is 0 Å². The number of nitro groups is 1. The van der Waals surface area contributed by atoms with Crippen molar-refractivity contribution < 1.29 is 24.7 Å². The topological polar surface area (TPSA) is 122 Å². The van der Waals surface area contributed by atoms with Gasteiger partial charge in [-0.2, -0.15) is 0 Å². The number of aliphatic hydroxyl groups is 2. The molecule has 1 aromatic carbocycles. The Labute approximate surface area is 121 Å². The Morgan fingerprint density at radius 3 is 2.67 bits per heavy atom. The zero-order valence-electron chi connectivity index (χ0n) is 11.8. The van der Waals surface area contributed by atoms with Crippen LogP contribution in [0.25, 0.3) is 0 Å². The molecule has 2 atom stereocenters. The molecule has 0 aliphatic rings. The van der Waals surface area contributed by atoms with Crippen LogP contribution in [0, 0.1) is 10.1 Å². The quantitative estimate of drug-likeness (QED) is 0.498. The fourth-order valence-electron chi connectivity index (χ4n) is 1.82. The molecular formula is C13H18N2O6. The number of ether oxygens (including phenoxy) is 1. The maximum absolute atomic E-state index is 11.0. The molecule has 116 valence electrons. The number of nitrogens with one attached hydrogen (secondary N) is 1. The van der Waals surface area contributed by atoms with E-state index >= 15 is 0 Å². The minimum Gasteiger partial charge on any atom is -0.497 e. The molecule has 3 N–H and O–H groups in total. The first kappa shape index (κ1) is 16.9. The number of benzene rings is 1. The standard InChI is InChI=1S/C13H18N2O6/c1-8(16)14-6-5-12(17)13(18)10-7-9(21-2)3-4-11(10)15(19)20/h3-4,7,12-13,17-18H,5-6H2,1-2H3,(H,14,16). The Hall–Kier alpha value is -2.19. The summed E-state index contributed by atoms with van der Waals surface area (Å²) in [4.78, 5) is 21.1. The predicted molar refractivity (Wildman–Crippen MR) is 73.9 cm³/mol. The van der Waals surface area contributed by atoms with E-state index in [4.69, 9.17) is 4.74 Å². The molecule has 21 heavy (non-hydrogen) atoms. The molecule has 0 bridgehead atoms. The monoisotopic (exact) mass is 298 g/mol. The molecule has 0 saturated heterocycles. The summed E-state index contributed by atoms with van der Waals surface area (Å²) in [5.74, 6) is 0.0766. The Bertz CT molecular complexity index is 519. The van der Waals surface area contributed by atoms with Crippen molar-refractivity contribution in [3.63, 3.8) is 0 Å². The fraction of sp³-hybridized carbons (Fsp3) is 0.462. The van der Waals surface area contributed by atoms with E-state index in [1.54, 1.807) is 0 Å². The minimum atomic E-state index is -1.45. The van der Waals surface area contributed by atoms with Crippen LogP contribution in [0.5, 0.6) is 5.75 Å². The highest BCUT2D eigenvalue weighted by Crippen LogP contribution is 2.31. The summed E-state index contributed by atoms with van der Waals surface area (Å²) in [5, 5.41) is 33.4. The van der Waals surface area contributed by atoms with E-state index in [0.717, 1.165) is 0 Å². The van der Waals surface area contributed by atoms with Crippen LogP contribution in [-0.2, 0) is 4.79 Å². The summed E-state index contributed by atoms with van der Waals surface area (Å²) in [5.41, 5.74) is -0.337. The van der Waals surface area contributed by atoms with Crippen LogP contribution >= 0.6 is 0 Å². The lowest BCUT2D eigenvalue weighted by Crippen LogP contribution is -2.28. The predicted octanol–water partition coefficient (Wildman–Crippen LogP) is 0.524. The third-order valence-electron chi connectivity index (χ3n) is 2.93. The van der Waals surface area contributed by atoms with Crippen LogP contribution in [0.4, 0.5) is 5.69 Å². The van der Waals surface area contributed by atoms with E-state index in [2.05, 4.69) is 5.32 Å². The number of nitro benzene ring substituents is 1. The molecule has 1 aromatic rings. The number of amides is 1. The summed E-state index contributed by atoms with van der Waals surface area (Å²) in [6.45, 7) is 1.49. The number of hydrogen-bond acceptors (Lipinski definition) is 6. The molecule has 8 nitrogen and oxygen atoms in total. The van der Waals surface area contributed by atoms with Gasteiger partial charge < -0.3 is 20.3 Å². The zero-order valence-corrected chi connectivity index (χ0v) is 11.8. The number of methoxy groups -OCH3 is 1. The molecule has 0 radical (unpaired) electrons. The van der Waals surface area contributed by atoms with Crippen molar-refractivity contribution in [2.24, 2.45) is 0 Å². The number of hydrogen-bond donors (Lipinski definition) is 3. The van der Waals surface area contributed by atoms with Gasteiger partial charge >= 0.3 is 0 Å². The molecule has 0 aromatic heterocycles. The largest absolute Gasteiger partial charge is 0.497 e. The molecular weight excluding hydrogens is 280 g/mol. The van der Waals surface area contributed by atoms with E-state index in [1.165, 1.54) is 32.2 Å². The van der Waals surface area contributed by atoms with Crippen molar-refractivity contribution in [3.05, 3.63) is 33.9 Å². The number of nitrogens with zero attached hydrogens (tertiary/aromatic N) is 1. The average Bonchev–Trinajstić information content (AvgIpc) is 2.45. The second kappa shape index (κ2) is 7.55. The first-order chi connectivity index (χ1) is 9.86. The van der Waals surface area contributed by atoms with Crippen LogP contribution in [0.15, 0.2) is 18.2 Å². The smallest absolute Gasteiger partial charge is 0.275 e. The lowest BCUT2D eigenvalue weighted by molar-refractivity contribution is -0.386. The molecule has 1 amide bonds. The van der Waals surface area contributed by atoms with Gasteiger partial charge in [-0.3, -0.25) is 14.9 Å². The second-order valence-corrected chi connectivity index (χ2v) is 4.47. The average molecular weight is 298 g/mol. The van der Waals surface area contributed by atoms with Gasteiger partial charge in [0, 0.05) is 19.5 Å². The van der Waals surface area contributed by atoms with Crippen molar-refractivity contribution in [2.75, 3.05) is 13.7 Å². The van der Waals surface area contributed by atoms with Gasteiger partial charge in [0.05, 0.1) is 23.7 Å².